The summed E-state index contributed by atoms with van der Waals surface area (Å²) in [5.74, 6) is 0.658. The Hall–Kier alpha value is -1.60. The maximum atomic E-state index is 5.80. The molecular weight excluding hydrogens is 254 g/mol. The fourth-order valence-corrected chi connectivity index (χ4v) is 3.50. The fraction of sp³-hybridized carbons (Fsp3) is 0.400. The molecule has 0 heterocycles. The minimum absolute atomic E-state index is 0.658. The molecule has 1 atom stereocenters. The van der Waals surface area contributed by atoms with Crippen molar-refractivity contribution in [1.82, 2.24) is 0 Å². The van der Waals surface area contributed by atoms with Gasteiger partial charge in [-0.3, -0.25) is 0 Å². The molecule has 1 heteroatoms. The van der Waals surface area contributed by atoms with Gasteiger partial charge in [0, 0.05) is 0 Å². The number of hydrogen-bond acceptors (Lipinski definition) is 1. The van der Waals surface area contributed by atoms with Crippen molar-refractivity contribution in [3.8, 4) is 11.1 Å². The van der Waals surface area contributed by atoms with Crippen LogP contribution >= 0.6 is 0 Å². The maximum Gasteiger partial charge on any atom is -0.00714 e. The molecule has 0 amide bonds. The normalized spacial score (nSPS) is 17.6. The molecule has 2 aromatic rings. The Bertz CT molecular complexity index is 642. The fourth-order valence-electron chi connectivity index (χ4n) is 3.50. The summed E-state index contributed by atoms with van der Waals surface area (Å²) in [6, 6.07) is 13.8. The van der Waals surface area contributed by atoms with Crippen LogP contribution < -0.4 is 5.73 Å². The number of aryl methyl sites for hydroxylation is 3. The maximum absolute atomic E-state index is 5.80. The van der Waals surface area contributed by atoms with Crippen LogP contribution in [0.25, 0.3) is 11.1 Å². The van der Waals surface area contributed by atoms with Crippen LogP contribution in [0, 0.1) is 13.8 Å². The van der Waals surface area contributed by atoms with E-state index in [0.29, 0.717) is 5.92 Å². The van der Waals surface area contributed by atoms with E-state index in [9.17, 15) is 0 Å². The van der Waals surface area contributed by atoms with Gasteiger partial charge in [-0.05, 0) is 85.4 Å². The van der Waals surface area contributed by atoms with Crippen molar-refractivity contribution in [3.05, 3.63) is 58.7 Å². The van der Waals surface area contributed by atoms with Gasteiger partial charge in [0.25, 0.3) is 0 Å². The Morgan fingerprint density at radius 3 is 2.52 bits per heavy atom. The van der Waals surface area contributed by atoms with Gasteiger partial charge < -0.3 is 5.73 Å². The standard InChI is InChI=1S/C20H25N/c1-14-6-7-18(12-15(14)2)19-9-8-16-4-3-5-17(10-11-21)20(16)13-19/h6-9,12-13,17H,3-5,10-11,21H2,1-2H3. The Balaban J connectivity index is 2.01. The van der Waals surface area contributed by atoms with Crippen LogP contribution in [0.1, 0.15) is 47.4 Å². The van der Waals surface area contributed by atoms with Crippen molar-refractivity contribution in [2.75, 3.05) is 6.54 Å². The number of rotatable bonds is 3. The van der Waals surface area contributed by atoms with Crippen LogP contribution in [0.5, 0.6) is 0 Å². The van der Waals surface area contributed by atoms with E-state index in [2.05, 4.69) is 50.2 Å². The molecule has 110 valence electrons. The molecule has 2 aromatic carbocycles. The Labute approximate surface area is 128 Å². The van der Waals surface area contributed by atoms with Crippen LogP contribution in [0.4, 0.5) is 0 Å². The van der Waals surface area contributed by atoms with Crippen LogP contribution in [0.15, 0.2) is 36.4 Å². The van der Waals surface area contributed by atoms with Crippen LogP contribution in [0.2, 0.25) is 0 Å². The Kier molecular flexibility index (Phi) is 4.12. The van der Waals surface area contributed by atoms with Crippen molar-refractivity contribution in [3.63, 3.8) is 0 Å². The van der Waals surface area contributed by atoms with E-state index in [1.165, 1.54) is 47.1 Å². The highest BCUT2D eigenvalue weighted by Gasteiger charge is 2.20. The van der Waals surface area contributed by atoms with Gasteiger partial charge >= 0.3 is 0 Å². The predicted octanol–water partition coefficient (Wildman–Crippen LogP) is 4.74. The zero-order valence-electron chi connectivity index (χ0n) is 13.2. The molecule has 0 aromatic heterocycles. The molecule has 2 N–H and O–H groups in total. The molecule has 0 bridgehead atoms. The first-order chi connectivity index (χ1) is 10.2. The highest BCUT2D eigenvalue weighted by Crippen LogP contribution is 2.36. The number of hydrogen-bond donors (Lipinski definition) is 1. The van der Waals surface area contributed by atoms with E-state index in [-0.39, 0.29) is 0 Å². The largest absolute Gasteiger partial charge is 0.330 e. The minimum Gasteiger partial charge on any atom is -0.330 e. The number of fused-ring (bicyclic) bond motifs is 1. The summed E-state index contributed by atoms with van der Waals surface area (Å²) < 4.78 is 0. The van der Waals surface area contributed by atoms with E-state index >= 15 is 0 Å². The van der Waals surface area contributed by atoms with Crippen molar-refractivity contribution in [2.45, 2.75) is 45.4 Å². The van der Waals surface area contributed by atoms with Crippen molar-refractivity contribution in [2.24, 2.45) is 5.73 Å². The molecule has 3 rings (SSSR count). The van der Waals surface area contributed by atoms with Crippen molar-refractivity contribution >= 4 is 0 Å². The molecule has 0 spiro atoms. The molecule has 1 aliphatic rings. The lowest BCUT2D eigenvalue weighted by Gasteiger charge is -2.26. The summed E-state index contributed by atoms with van der Waals surface area (Å²) in [6.07, 6.45) is 4.94. The van der Waals surface area contributed by atoms with Gasteiger partial charge in [-0.25, -0.2) is 0 Å². The van der Waals surface area contributed by atoms with Crippen molar-refractivity contribution < 1.29 is 0 Å². The van der Waals surface area contributed by atoms with Crippen LogP contribution in [-0.2, 0) is 6.42 Å². The molecule has 0 fully saturated rings. The monoisotopic (exact) mass is 279 g/mol. The lowest BCUT2D eigenvalue weighted by Crippen LogP contribution is -2.14. The molecule has 0 saturated heterocycles. The zero-order valence-corrected chi connectivity index (χ0v) is 13.2. The van der Waals surface area contributed by atoms with Gasteiger partial charge in [-0.1, -0.05) is 36.4 Å². The van der Waals surface area contributed by atoms with Gasteiger partial charge in [-0.15, -0.1) is 0 Å². The summed E-state index contributed by atoms with van der Waals surface area (Å²) in [6.45, 7) is 5.15. The molecule has 0 aliphatic heterocycles. The second-order valence-electron chi connectivity index (χ2n) is 6.38. The third kappa shape index (κ3) is 2.89. The first-order valence-corrected chi connectivity index (χ1v) is 8.09. The Morgan fingerprint density at radius 1 is 1.00 bits per heavy atom. The minimum atomic E-state index is 0.658. The smallest absolute Gasteiger partial charge is 0.00714 e. The molecule has 0 radical (unpaired) electrons. The zero-order chi connectivity index (χ0) is 14.8. The number of benzene rings is 2. The molecule has 1 nitrogen and oxygen atoms in total. The summed E-state index contributed by atoms with van der Waals surface area (Å²) in [5, 5.41) is 0. The predicted molar refractivity (Wildman–Crippen MR) is 90.7 cm³/mol. The molecule has 1 unspecified atom stereocenters. The van der Waals surface area contributed by atoms with Crippen molar-refractivity contribution in [1.29, 1.82) is 0 Å². The second kappa shape index (κ2) is 6.03. The van der Waals surface area contributed by atoms with Gasteiger partial charge in [0.2, 0.25) is 0 Å². The lowest BCUT2D eigenvalue weighted by atomic mass is 9.80. The second-order valence-corrected chi connectivity index (χ2v) is 6.38. The van der Waals surface area contributed by atoms with E-state index in [1.54, 1.807) is 5.56 Å². The lowest BCUT2D eigenvalue weighted by molar-refractivity contribution is 0.526. The first-order valence-electron chi connectivity index (χ1n) is 8.09. The number of nitrogens with two attached hydrogens (primary N) is 1. The van der Waals surface area contributed by atoms with E-state index in [4.69, 9.17) is 5.73 Å². The van der Waals surface area contributed by atoms with Gasteiger partial charge in [0.15, 0.2) is 0 Å². The summed E-state index contributed by atoms with van der Waals surface area (Å²) in [5.41, 5.74) is 14.3. The summed E-state index contributed by atoms with van der Waals surface area (Å²) in [4.78, 5) is 0. The summed E-state index contributed by atoms with van der Waals surface area (Å²) >= 11 is 0. The average Bonchev–Trinajstić information content (AvgIpc) is 2.50. The summed E-state index contributed by atoms with van der Waals surface area (Å²) in [7, 11) is 0. The quantitative estimate of drug-likeness (QED) is 0.863. The third-order valence-electron chi connectivity index (χ3n) is 4.94. The Morgan fingerprint density at radius 2 is 1.76 bits per heavy atom. The van der Waals surface area contributed by atoms with E-state index in [1.807, 2.05) is 0 Å². The SMILES string of the molecule is Cc1ccc(-c2ccc3c(c2)C(CCN)CCC3)cc1C. The molecule has 0 saturated carbocycles. The van der Waals surface area contributed by atoms with Gasteiger partial charge in [0.05, 0.1) is 0 Å². The highest BCUT2D eigenvalue weighted by atomic mass is 14.5. The molecule has 21 heavy (non-hydrogen) atoms. The van der Waals surface area contributed by atoms with E-state index < -0.39 is 0 Å². The van der Waals surface area contributed by atoms with Gasteiger partial charge in [0.1, 0.15) is 0 Å². The third-order valence-corrected chi connectivity index (χ3v) is 4.94. The highest BCUT2D eigenvalue weighted by molar-refractivity contribution is 5.66. The molecule has 1 aliphatic carbocycles. The topological polar surface area (TPSA) is 26.0 Å². The van der Waals surface area contributed by atoms with Gasteiger partial charge in [-0.2, -0.15) is 0 Å². The first kappa shape index (κ1) is 14.3. The van der Waals surface area contributed by atoms with Crippen LogP contribution in [0.3, 0.4) is 0 Å². The average molecular weight is 279 g/mol. The van der Waals surface area contributed by atoms with E-state index in [0.717, 1.165) is 13.0 Å². The molecular formula is C20H25N. The van der Waals surface area contributed by atoms with Crippen LogP contribution in [-0.4, -0.2) is 6.54 Å².